The Balaban J connectivity index is 0.00000182. The van der Waals surface area contributed by atoms with Crippen molar-refractivity contribution in [1.29, 1.82) is 0 Å². The summed E-state index contributed by atoms with van der Waals surface area (Å²) < 4.78 is 0. The second-order valence-corrected chi connectivity index (χ2v) is 7.28. The van der Waals surface area contributed by atoms with Gasteiger partial charge in [0.25, 0.3) is 0 Å². The summed E-state index contributed by atoms with van der Waals surface area (Å²) in [5.41, 5.74) is 3.47. The molecule has 0 amide bonds. The first-order valence-corrected chi connectivity index (χ1v) is 8.33. The van der Waals surface area contributed by atoms with Gasteiger partial charge in [0.05, 0.1) is 0 Å². The van der Waals surface area contributed by atoms with E-state index < -0.39 is 0 Å². The van der Waals surface area contributed by atoms with Crippen LogP contribution in [0.3, 0.4) is 0 Å². The van der Waals surface area contributed by atoms with E-state index in [0.717, 1.165) is 11.3 Å². The number of hydrogen-bond acceptors (Lipinski definition) is 1. The van der Waals surface area contributed by atoms with Crippen molar-refractivity contribution in [2.75, 3.05) is 0 Å². The Hall–Kier alpha value is -2.02. The van der Waals surface area contributed by atoms with Gasteiger partial charge in [-0.3, -0.25) is 0 Å². The first-order chi connectivity index (χ1) is 11.5. The number of hydrogen-bond donors (Lipinski definition) is 0. The van der Waals surface area contributed by atoms with Crippen LogP contribution in [-0.4, -0.2) is 4.98 Å². The van der Waals surface area contributed by atoms with E-state index in [9.17, 15) is 0 Å². The Labute approximate surface area is 162 Å². The van der Waals surface area contributed by atoms with Gasteiger partial charge in [0, 0.05) is 26.3 Å². The molecule has 1 radical (unpaired) electrons. The SMILES string of the molecule is CC(C)(C)c1c[c-]c(-c2nccc3c2ccc2ccccc23)cc1.[Ir]. The van der Waals surface area contributed by atoms with Gasteiger partial charge < -0.3 is 4.98 Å². The fourth-order valence-electron chi connectivity index (χ4n) is 3.19. The molecule has 1 heterocycles. The predicted molar refractivity (Wildman–Crippen MR) is 102 cm³/mol. The fourth-order valence-corrected chi connectivity index (χ4v) is 3.19. The molecule has 127 valence electrons. The Morgan fingerprint density at radius 2 is 1.60 bits per heavy atom. The van der Waals surface area contributed by atoms with Crippen molar-refractivity contribution in [3.05, 3.63) is 78.5 Å². The summed E-state index contributed by atoms with van der Waals surface area (Å²) in [6.45, 7) is 6.66. The average Bonchev–Trinajstić information content (AvgIpc) is 2.60. The Bertz CT molecular complexity index is 1030. The molecule has 0 bridgehead atoms. The van der Waals surface area contributed by atoms with Crippen molar-refractivity contribution >= 4 is 21.5 Å². The van der Waals surface area contributed by atoms with Gasteiger partial charge in [-0.2, -0.15) is 0 Å². The topological polar surface area (TPSA) is 12.9 Å². The maximum absolute atomic E-state index is 4.64. The van der Waals surface area contributed by atoms with Crippen molar-refractivity contribution in [2.24, 2.45) is 0 Å². The molecule has 4 aromatic rings. The summed E-state index contributed by atoms with van der Waals surface area (Å²) in [7, 11) is 0. The minimum atomic E-state index is 0. The summed E-state index contributed by atoms with van der Waals surface area (Å²) >= 11 is 0. The molecule has 2 heteroatoms. The third kappa shape index (κ3) is 3.25. The fraction of sp³-hybridized carbons (Fsp3) is 0.174. The van der Waals surface area contributed by atoms with Crippen LogP contribution < -0.4 is 0 Å². The zero-order valence-electron chi connectivity index (χ0n) is 14.6. The normalized spacial score (nSPS) is 11.5. The van der Waals surface area contributed by atoms with Crippen LogP contribution in [0.15, 0.2) is 66.9 Å². The minimum Gasteiger partial charge on any atom is -0.304 e. The van der Waals surface area contributed by atoms with Gasteiger partial charge in [-0.15, -0.1) is 35.4 Å². The first kappa shape index (κ1) is 17.8. The molecule has 1 nitrogen and oxygen atoms in total. The summed E-state index contributed by atoms with van der Waals surface area (Å²) in [6.07, 6.45) is 1.90. The Kier molecular flexibility index (Phi) is 4.77. The standard InChI is InChI=1S/C23H20N.Ir/c1-23(2,3)18-11-8-17(9-12-18)22-21-13-10-16-6-4-5-7-19(16)20(21)14-15-24-22;/h4-8,10-15H,1-3H3;/q-1;. The number of aromatic nitrogens is 1. The smallest absolute Gasteiger partial charge is 0.0167 e. The Morgan fingerprint density at radius 1 is 0.800 bits per heavy atom. The van der Waals surface area contributed by atoms with Gasteiger partial charge >= 0.3 is 0 Å². The molecule has 25 heavy (non-hydrogen) atoms. The van der Waals surface area contributed by atoms with Crippen LogP contribution in [0.4, 0.5) is 0 Å². The first-order valence-electron chi connectivity index (χ1n) is 8.33. The molecule has 1 aromatic heterocycles. The van der Waals surface area contributed by atoms with Crippen LogP contribution in [0.5, 0.6) is 0 Å². The molecule has 0 saturated carbocycles. The van der Waals surface area contributed by atoms with Crippen molar-refractivity contribution in [1.82, 2.24) is 4.98 Å². The number of rotatable bonds is 1. The number of nitrogens with zero attached hydrogens (tertiary/aromatic N) is 1. The molecular weight excluding hydrogens is 482 g/mol. The number of pyridine rings is 1. The second-order valence-electron chi connectivity index (χ2n) is 7.28. The molecule has 0 aliphatic carbocycles. The molecule has 0 N–H and O–H groups in total. The summed E-state index contributed by atoms with van der Waals surface area (Å²) in [4.78, 5) is 4.64. The second kappa shape index (κ2) is 6.71. The van der Waals surface area contributed by atoms with Gasteiger partial charge in [-0.25, -0.2) is 0 Å². The Morgan fingerprint density at radius 3 is 2.32 bits per heavy atom. The van der Waals surface area contributed by atoms with Gasteiger partial charge in [0.2, 0.25) is 0 Å². The molecule has 3 aromatic carbocycles. The van der Waals surface area contributed by atoms with E-state index in [1.165, 1.54) is 27.1 Å². The van der Waals surface area contributed by atoms with Gasteiger partial charge in [0.15, 0.2) is 0 Å². The molecule has 0 fully saturated rings. The van der Waals surface area contributed by atoms with Crippen molar-refractivity contribution in [2.45, 2.75) is 26.2 Å². The van der Waals surface area contributed by atoms with E-state index in [0.29, 0.717) is 0 Å². The molecule has 0 spiro atoms. The monoisotopic (exact) mass is 503 g/mol. The third-order valence-electron chi connectivity index (χ3n) is 4.60. The largest absolute Gasteiger partial charge is 0.304 e. The van der Waals surface area contributed by atoms with Gasteiger partial charge in [-0.1, -0.05) is 57.2 Å². The predicted octanol–water partition coefficient (Wildman–Crippen LogP) is 6.15. The van der Waals surface area contributed by atoms with E-state index in [1.54, 1.807) is 0 Å². The van der Waals surface area contributed by atoms with Crippen molar-refractivity contribution in [3.63, 3.8) is 0 Å². The van der Waals surface area contributed by atoms with Crippen LogP contribution in [-0.2, 0) is 25.5 Å². The van der Waals surface area contributed by atoms with E-state index in [1.807, 2.05) is 6.20 Å². The zero-order chi connectivity index (χ0) is 16.7. The molecule has 0 atom stereocenters. The molecule has 4 rings (SSSR count). The average molecular weight is 503 g/mol. The van der Waals surface area contributed by atoms with Crippen LogP contribution >= 0.6 is 0 Å². The van der Waals surface area contributed by atoms with E-state index in [4.69, 9.17) is 0 Å². The van der Waals surface area contributed by atoms with Crippen LogP contribution in [0.1, 0.15) is 26.3 Å². The number of fused-ring (bicyclic) bond motifs is 3. The van der Waals surface area contributed by atoms with Crippen LogP contribution in [0.25, 0.3) is 32.8 Å². The molecule has 0 saturated heterocycles. The van der Waals surface area contributed by atoms with Crippen molar-refractivity contribution in [3.8, 4) is 11.3 Å². The maximum atomic E-state index is 4.64. The number of benzene rings is 3. The van der Waals surface area contributed by atoms with E-state index in [-0.39, 0.29) is 25.5 Å². The summed E-state index contributed by atoms with van der Waals surface area (Å²) in [5.74, 6) is 0. The van der Waals surface area contributed by atoms with Gasteiger partial charge in [-0.05, 0) is 38.7 Å². The minimum absolute atomic E-state index is 0. The molecular formula is C23H20IrN-. The quantitative estimate of drug-likeness (QED) is 0.225. The zero-order valence-corrected chi connectivity index (χ0v) is 17.0. The third-order valence-corrected chi connectivity index (χ3v) is 4.60. The van der Waals surface area contributed by atoms with Crippen LogP contribution in [0.2, 0.25) is 0 Å². The van der Waals surface area contributed by atoms with E-state index in [2.05, 4.69) is 92.5 Å². The van der Waals surface area contributed by atoms with Crippen LogP contribution in [0, 0.1) is 6.07 Å². The van der Waals surface area contributed by atoms with E-state index >= 15 is 0 Å². The summed E-state index contributed by atoms with van der Waals surface area (Å²) in [6, 6.07) is 24.8. The summed E-state index contributed by atoms with van der Waals surface area (Å²) in [5, 5.41) is 4.95. The molecule has 0 unspecified atom stereocenters. The van der Waals surface area contributed by atoms with Crippen molar-refractivity contribution < 1.29 is 20.1 Å². The molecule has 0 aliphatic heterocycles. The maximum Gasteiger partial charge on any atom is 0.0167 e. The molecule has 0 aliphatic rings. The van der Waals surface area contributed by atoms with Gasteiger partial charge in [0.1, 0.15) is 0 Å².